The minimum Gasteiger partial charge on any atom is -0.459 e. The summed E-state index contributed by atoms with van der Waals surface area (Å²) in [5, 5.41) is 4.38. The van der Waals surface area contributed by atoms with Crippen LogP contribution in [0.5, 0.6) is 0 Å². The highest BCUT2D eigenvalue weighted by atomic mass is 32.2. The van der Waals surface area contributed by atoms with Gasteiger partial charge in [-0.2, -0.15) is 8.42 Å². The molecule has 0 fully saturated rings. The second kappa shape index (κ2) is 17.8. The summed E-state index contributed by atoms with van der Waals surface area (Å²) in [6, 6.07) is 36.9. The van der Waals surface area contributed by atoms with Crippen LogP contribution in [-0.4, -0.2) is 43.6 Å². The monoisotopic (exact) mass is 748 g/mol. The highest BCUT2D eigenvalue weighted by Crippen LogP contribution is 2.38. The first kappa shape index (κ1) is 40.0. The average molecular weight is 749 g/mol. The van der Waals surface area contributed by atoms with Crippen LogP contribution < -0.4 is 5.32 Å². The van der Waals surface area contributed by atoms with Gasteiger partial charge in [-0.1, -0.05) is 109 Å². The van der Waals surface area contributed by atoms with Crippen molar-refractivity contribution in [3.8, 4) is 0 Å². The van der Waals surface area contributed by atoms with Crippen molar-refractivity contribution in [1.29, 1.82) is 0 Å². The molecule has 1 N–H and O–H groups in total. The van der Waals surface area contributed by atoms with Crippen molar-refractivity contribution in [3.05, 3.63) is 156 Å². The molecule has 9 nitrogen and oxygen atoms in total. The van der Waals surface area contributed by atoms with Gasteiger partial charge in [-0.05, 0) is 88.8 Å². The van der Waals surface area contributed by atoms with E-state index in [4.69, 9.17) is 13.7 Å². The van der Waals surface area contributed by atoms with Crippen molar-refractivity contribution in [1.82, 2.24) is 10.3 Å². The Morgan fingerprint density at radius 3 is 1.87 bits per heavy atom. The van der Waals surface area contributed by atoms with Crippen LogP contribution in [0, 0.1) is 5.92 Å². The standard InChI is InChI=1S/C44H48N2O7S/c1-6-32(2)52-41(47)34(21-18-30-51-54(49,50)39-28-16-19-33-20-17-29-45-40(33)39)31-38(42(48)53-43(3,4)5)46-44(35-22-10-7-11-23-35,36-24-12-8-13-25-36)37-26-14-9-15-27-37/h6-17,19-20,22-29,34,38,46H,18,21,30-31H2,1-5H3/b32-6+/t34-,38-/m0/s1. The Morgan fingerprint density at radius 1 is 0.778 bits per heavy atom. The Labute approximate surface area is 318 Å². The molecule has 0 bridgehead atoms. The number of esters is 2. The summed E-state index contributed by atoms with van der Waals surface area (Å²) in [5.41, 5.74) is 1.06. The molecule has 10 heteroatoms. The molecule has 0 aliphatic rings. The summed E-state index contributed by atoms with van der Waals surface area (Å²) in [6.07, 6.45) is 3.53. The first-order valence-corrected chi connectivity index (χ1v) is 19.5. The molecule has 0 radical (unpaired) electrons. The molecule has 2 atom stereocenters. The van der Waals surface area contributed by atoms with Gasteiger partial charge in [0.2, 0.25) is 0 Å². The Bertz CT molecular complexity index is 2050. The summed E-state index contributed by atoms with van der Waals surface area (Å²) in [5.74, 6) is -1.54. The quantitative estimate of drug-likeness (QED) is 0.0348. The number of rotatable bonds is 16. The van der Waals surface area contributed by atoms with Gasteiger partial charge in [0.1, 0.15) is 22.3 Å². The molecule has 0 amide bonds. The van der Waals surface area contributed by atoms with Gasteiger partial charge in [0.05, 0.1) is 23.6 Å². The van der Waals surface area contributed by atoms with E-state index in [9.17, 15) is 18.0 Å². The Morgan fingerprint density at radius 2 is 1.33 bits per heavy atom. The van der Waals surface area contributed by atoms with Crippen molar-refractivity contribution in [2.24, 2.45) is 5.92 Å². The molecule has 5 rings (SSSR count). The molecule has 0 saturated carbocycles. The van der Waals surface area contributed by atoms with E-state index in [1.165, 1.54) is 12.3 Å². The van der Waals surface area contributed by atoms with Gasteiger partial charge in [-0.3, -0.25) is 24.1 Å². The zero-order valence-electron chi connectivity index (χ0n) is 31.4. The fourth-order valence-corrected chi connectivity index (χ4v) is 7.54. The number of carbonyl (C=O) groups excluding carboxylic acids is 2. The maximum atomic E-state index is 14.3. The topological polar surface area (TPSA) is 121 Å². The molecular weight excluding hydrogens is 701 g/mol. The number of nitrogens with zero attached hydrogens (tertiary/aromatic N) is 1. The molecule has 4 aromatic carbocycles. The third-order valence-electron chi connectivity index (χ3n) is 9.02. The van der Waals surface area contributed by atoms with E-state index in [-0.39, 0.29) is 30.8 Å². The summed E-state index contributed by atoms with van der Waals surface area (Å²) in [7, 11) is -4.18. The van der Waals surface area contributed by atoms with Crippen molar-refractivity contribution in [2.45, 2.75) is 76.0 Å². The molecule has 0 aliphatic heterocycles. The number of hydrogen-bond acceptors (Lipinski definition) is 9. The average Bonchev–Trinajstić information content (AvgIpc) is 3.17. The maximum Gasteiger partial charge on any atom is 0.323 e. The number of para-hydroxylation sites is 1. The number of hydrogen-bond donors (Lipinski definition) is 1. The van der Waals surface area contributed by atoms with Gasteiger partial charge in [-0.15, -0.1) is 0 Å². The highest BCUT2D eigenvalue weighted by Gasteiger charge is 2.42. The molecule has 0 aliphatic carbocycles. The summed E-state index contributed by atoms with van der Waals surface area (Å²) in [4.78, 5) is 32.4. The minimum atomic E-state index is -4.18. The van der Waals surface area contributed by atoms with Crippen LogP contribution in [0.1, 0.15) is 70.6 Å². The molecule has 54 heavy (non-hydrogen) atoms. The fourth-order valence-electron chi connectivity index (χ4n) is 6.42. The lowest BCUT2D eigenvalue weighted by atomic mass is 9.76. The number of ether oxygens (including phenoxy) is 2. The van der Waals surface area contributed by atoms with E-state index in [0.29, 0.717) is 16.7 Å². The maximum absolute atomic E-state index is 14.3. The molecule has 282 valence electrons. The van der Waals surface area contributed by atoms with E-state index in [1.54, 1.807) is 65.0 Å². The highest BCUT2D eigenvalue weighted by molar-refractivity contribution is 7.87. The van der Waals surface area contributed by atoms with Gasteiger partial charge in [-0.25, -0.2) is 0 Å². The first-order valence-electron chi connectivity index (χ1n) is 18.1. The summed E-state index contributed by atoms with van der Waals surface area (Å²) in [6.45, 7) is 8.63. The van der Waals surface area contributed by atoms with Crippen LogP contribution in [0.4, 0.5) is 0 Å². The normalized spacial score (nSPS) is 13.6. The third kappa shape index (κ3) is 9.87. The number of nitrogens with one attached hydrogen (secondary N) is 1. The van der Waals surface area contributed by atoms with Gasteiger partial charge >= 0.3 is 11.9 Å². The van der Waals surface area contributed by atoms with Gasteiger partial charge in [0, 0.05) is 11.6 Å². The van der Waals surface area contributed by atoms with E-state index < -0.39 is 45.2 Å². The Hall–Kier alpha value is -5.16. The number of aromatic nitrogens is 1. The van der Waals surface area contributed by atoms with Crippen molar-refractivity contribution in [2.75, 3.05) is 6.61 Å². The summed E-state index contributed by atoms with van der Waals surface area (Å²) >= 11 is 0. The van der Waals surface area contributed by atoms with E-state index >= 15 is 0 Å². The zero-order valence-corrected chi connectivity index (χ0v) is 32.2. The number of fused-ring (bicyclic) bond motifs is 1. The molecule has 5 aromatic rings. The fraction of sp³-hybridized carbons (Fsp3) is 0.295. The van der Waals surface area contributed by atoms with Crippen molar-refractivity contribution < 1.29 is 31.7 Å². The largest absolute Gasteiger partial charge is 0.459 e. The number of carbonyl (C=O) groups is 2. The zero-order chi connectivity index (χ0) is 38.8. The van der Waals surface area contributed by atoms with Gasteiger partial charge < -0.3 is 9.47 Å². The third-order valence-corrected chi connectivity index (χ3v) is 10.4. The molecular formula is C44H48N2O7S. The van der Waals surface area contributed by atoms with Crippen LogP contribution in [0.2, 0.25) is 0 Å². The van der Waals surface area contributed by atoms with Crippen LogP contribution in [-0.2, 0) is 38.9 Å². The van der Waals surface area contributed by atoms with E-state index in [0.717, 1.165) is 16.7 Å². The van der Waals surface area contributed by atoms with Crippen LogP contribution in [0.15, 0.2) is 144 Å². The molecule has 1 heterocycles. The molecule has 0 saturated heterocycles. The van der Waals surface area contributed by atoms with Gasteiger partial charge in [0.15, 0.2) is 0 Å². The predicted octanol–water partition coefficient (Wildman–Crippen LogP) is 8.49. The smallest absolute Gasteiger partial charge is 0.323 e. The SMILES string of the molecule is C/C=C(\C)OC(=O)[C@@H](CCCOS(=O)(=O)c1cccc2cccnc12)C[C@H](NC(c1ccccc1)(c1ccccc1)c1ccccc1)C(=O)OC(C)(C)C. The van der Waals surface area contributed by atoms with Crippen LogP contribution in [0.25, 0.3) is 10.9 Å². The van der Waals surface area contributed by atoms with Crippen LogP contribution >= 0.6 is 0 Å². The van der Waals surface area contributed by atoms with Crippen molar-refractivity contribution in [3.63, 3.8) is 0 Å². The van der Waals surface area contributed by atoms with E-state index in [2.05, 4.69) is 10.3 Å². The Kier molecular flexibility index (Phi) is 13.2. The number of benzene rings is 4. The lowest BCUT2D eigenvalue weighted by Crippen LogP contribution is -2.54. The predicted molar refractivity (Wildman–Crippen MR) is 210 cm³/mol. The lowest BCUT2D eigenvalue weighted by molar-refractivity contribution is -0.159. The number of allylic oxidation sites excluding steroid dienone is 2. The first-order chi connectivity index (χ1) is 25.8. The van der Waals surface area contributed by atoms with E-state index in [1.807, 2.05) is 91.0 Å². The van der Waals surface area contributed by atoms with Crippen molar-refractivity contribution >= 4 is 33.0 Å². The van der Waals surface area contributed by atoms with Gasteiger partial charge in [0.25, 0.3) is 10.1 Å². The second-order valence-corrected chi connectivity index (χ2v) is 15.7. The second-order valence-electron chi connectivity index (χ2n) is 14.1. The number of pyridine rings is 1. The molecule has 0 unspecified atom stereocenters. The summed E-state index contributed by atoms with van der Waals surface area (Å²) < 4.78 is 43.9. The van der Waals surface area contributed by atoms with Crippen LogP contribution in [0.3, 0.4) is 0 Å². The lowest BCUT2D eigenvalue weighted by Gasteiger charge is -2.40. The molecule has 0 spiro atoms. The Balaban J connectivity index is 1.50. The minimum absolute atomic E-state index is 0.0149. The molecule has 1 aromatic heterocycles.